The van der Waals surface area contributed by atoms with Gasteiger partial charge in [-0.1, -0.05) is 39.8 Å². The first-order valence-corrected chi connectivity index (χ1v) is 8.93. The summed E-state index contributed by atoms with van der Waals surface area (Å²) in [6.45, 7) is 12.5. The zero-order valence-corrected chi connectivity index (χ0v) is 16.6. The standard InChI is InChI=1S/C16H20N4O.2C2H6/c1-4-20(16(21)17-3)14-9-5-8-13(11-14)19-15-12(2)7-6-10-18-15;2*1-2/h5-11H,4H2,1-3H3,(H,17,21)(H,18,19);2*1-2H3. The molecule has 0 saturated heterocycles. The molecule has 0 fully saturated rings. The lowest BCUT2D eigenvalue weighted by Crippen LogP contribution is -2.37. The van der Waals surface area contributed by atoms with Gasteiger partial charge in [-0.15, -0.1) is 0 Å². The zero-order valence-electron chi connectivity index (χ0n) is 16.6. The summed E-state index contributed by atoms with van der Waals surface area (Å²) in [6, 6.07) is 11.5. The van der Waals surface area contributed by atoms with E-state index in [2.05, 4.69) is 15.6 Å². The minimum absolute atomic E-state index is 0.122. The molecule has 2 amide bonds. The second-order valence-corrected chi connectivity index (χ2v) is 4.64. The van der Waals surface area contributed by atoms with Gasteiger partial charge in [-0.05, 0) is 43.7 Å². The lowest BCUT2D eigenvalue weighted by Gasteiger charge is -2.21. The van der Waals surface area contributed by atoms with Crippen molar-refractivity contribution in [1.82, 2.24) is 10.3 Å². The molecule has 0 aliphatic rings. The van der Waals surface area contributed by atoms with Crippen molar-refractivity contribution in [1.29, 1.82) is 0 Å². The van der Waals surface area contributed by atoms with E-state index in [0.717, 1.165) is 22.8 Å². The van der Waals surface area contributed by atoms with Gasteiger partial charge < -0.3 is 10.6 Å². The fourth-order valence-corrected chi connectivity index (χ4v) is 2.08. The SMILES string of the molecule is CC.CC.CCN(C(=O)NC)c1cccc(Nc2ncccc2C)c1. The molecule has 0 unspecified atom stereocenters. The molecule has 1 aromatic heterocycles. The van der Waals surface area contributed by atoms with E-state index in [0.29, 0.717) is 6.54 Å². The summed E-state index contributed by atoms with van der Waals surface area (Å²) in [6.07, 6.45) is 1.75. The smallest absolute Gasteiger partial charge is 0.321 e. The van der Waals surface area contributed by atoms with E-state index < -0.39 is 0 Å². The number of aryl methyl sites for hydroxylation is 1. The lowest BCUT2D eigenvalue weighted by molar-refractivity contribution is 0.248. The van der Waals surface area contributed by atoms with E-state index in [1.807, 2.05) is 77.9 Å². The first-order valence-electron chi connectivity index (χ1n) is 8.93. The minimum Gasteiger partial charge on any atom is -0.341 e. The van der Waals surface area contributed by atoms with Crippen LogP contribution >= 0.6 is 0 Å². The number of benzene rings is 1. The first-order chi connectivity index (χ1) is 12.2. The van der Waals surface area contributed by atoms with Crippen LogP contribution in [0.1, 0.15) is 40.2 Å². The van der Waals surface area contributed by atoms with Crippen LogP contribution in [-0.4, -0.2) is 24.6 Å². The number of amides is 2. The van der Waals surface area contributed by atoms with E-state index in [1.165, 1.54) is 0 Å². The van der Waals surface area contributed by atoms with Gasteiger partial charge in [0.25, 0.3) is 0 Å². The summed E-state index contributed by atoms with van der Waals surface area (Å²) < 4.78 is 0. The molecule has 0 saturated carbocycles. The van der Waals surface area contributed by atoms with Gasteiger partial charge in [-0.25, -0.2) is 9.78 Å². The van der Waals surface area contributed by atoms with Crippen LogP contribution in [0.4, 0.5) is 22.0 Å². The average molecular weight is 345 g/mol. The molecule has 2 rings (SSSR count). The van der Waals surface area contributed by atoms with Crippen molar-refractivity contribution >= 4 is 23.2 Å². The Morgan fingerprint density at radius 1 is 1.12 bits per heavy atom. The predicted molar refractivity (Wildman–Crippen MR) is 109 cm³/mol. The summed E-state index contributed by atoms with van der Waals surface area (Å²) >= 11 is 0. The summed E-state index contributed by atoms with van der Waals surface area (Å²) in [7, 11) is 1.63. The van der Waals surface area contributed by atoms with Crippen molar-refractivity contribution in [2.24, 2.45) is 0 Å². The third-order valence-corrected chi connectivity index (χ3v) is 3.21. The first kappa shape index (κ1) is 22.4. The van der Waals surface area contributed by atoms with Crippen LogP contribution in [0.3, 0.4) is 0 Å². The molecule has 1 heterocycles. The topological polar surface area (TPSA) is 57.3 Å². The highest BCUT2D eigenvalue weighted by Crippen LogP contribution is 2.23. The highest BCUT2D eigenvalue weighted by Gasteiger charge is 2.12. The number of pyridine rings is 1. The summed E-state index contributed by atoms with van der Waals surface area (Å²) in [4.78, 5) is 17.8. The largest absolute Gasteiger partial charge is 0.341 e. The Bertz CT molecular complexity index is 629. The number of carbonyl (C=O) groups is 1. The number of rotatable bonds is 4. The van der Waals surface area contributed by atoms with Crippen molar-refractivity contribution in [3.63, 3.8) is 0 Å². The molecular weight excluding hydrogens is 312 g/mol. The van der Waals surface area contributed by atoms with Crippen LogP contribution in [0.5, 0.6) is 0 Å². The van der Waals surface area contributed by atoms with Crippen molar-refractivity contribution in [3.05, 3.63) is 48.2 Å². The van der Waals surface area contributed by atoms with Crippen molar-refractivity contribution < 1.29 is 4.79 Å². The quantitative estimate of drug-likeness (QED) is 0.786. The van der Waals surface area contributed by atoms with Gasteiger partial charge in [0.15, 0.2) is 0 Å². The number of hydrogen-bond donors (Lipinski definition) is 2. The molecule has 0 aliphatic carbocycles. The molecule has 138 valence electrons. The predicted octanol–water partition coefficient (Wildman–Crippen LogP) is 5.35. The summed E-state index contributed by atoms with van der Waals surface area (Å²) in [5.74, 6) is 0.817. The number of anilines is 3. The van der Waals surface area contributed by atoms with Gasteiger partial charge in [-0.3, -0.25) is 4.90 Å². The molecule has 1 aromatic carbocycles. The Morgan fingerprint density at radius 3 is 2.36 bits per heavy atom. The molecule has 5 nitrogen and oxygen atoms in total. The van der Waals surface area contributed by atoms with E-state index >= 15 is 0 Å². The number of urea groups is 1. The van der Waals surface area contributed by atoms with Gasteiger partial charge in [0.05, 0.1) is 0 Å². The lowest BCUT2D eigenvalue weighted by atomic mass is 10.2. The van der Waals surface area contributed by atoms with Gasteiger partial charge in [0, 0.05) is 31.2 Å². The van der Waals surface area contributed by atoms with Crippen molar-refractivity contribution in [3.8, 4) is 0 Å². The number of nitrogens with one attached hydrogen (secondary N) is 2. The van der Waals surface area contributed by atoms with Gasteiger partial charge in [-0.2, -0.15) is 0 Å². The maximum absolute atomic E-state index is 11.8. The Hall–Kier alpha value is -2.56. The van der Waals surface area contributed by atoms with Crippen LogP contribution in [0, 0.1) is 6.92 Å². The number of hydrogen-bond acceptors (Lipinski definition) is 3. The fourth-order valence-electron chi connectivity index (χ4n) is 2.08. The van der Waals surface area contributed by atoms with E-state index in [-0.39, 0.29) is 6.03 Å². The Balaban J connectivity index is 0.00000134. The van der Waals surface area contributed by atoms with Crippen LogP contribution < -0.4 is 15.5 Å². The molecular formula is C20H32N4O. The van der Waals surface area contributed by atoms with Crippen LogP contribution in [0.15, 0.2) is 42.6 Å². The number of nitrogens with zero attached hydrogens (tertiary/aromatic N) is 2. The summed E-state index contributed by atoms with van der Waals surface area (Å²) in [5, 5.41) is 5.93. The van der Waals surface area contributed by atoms with Crippen LogP contribution in [0.2, 0.25) is 0 Å². The zero-order chi connectivity index (χ0) is 19.2. The van der Waals surface area contributed by atoms with Gasteiger partial charge in [0.2, 0.25) is 0 Å². The monoisotopic (exact) mass is 344 g/mol. The van der Waals surface area contributed by atoms with Crippen LogP contribution in [0.25, 0.3) is 0 Å². The van der Waals surface area contributed by atoms with Gasteiger partial charge >= 0.3 is 6.03 Å². The Labute approximate surface area is 152 Å². The molecule has 0 radical (unpaired) electrons. The second-order valence-electron chi connectivity index (χ2n) is 4.64. The third-order valence-electron chi connectivity index (χ3n) is 3.21. The summed E-state index contributed by atoms with van der Waals surface area (Å²) in [5.41, 5.74) is 2.81. The number of carbonyl (C=O) groups excluding carboxylic acids is 1. The molecule has 25 heavy (non-hydrogen) atoms. The fraction of sp³-hybridized carbons (Fsp3) is 0.400. The molecule has 0 aliphatic heterocycles. The Morgan fingerprint density at radius 2 is 1.80 bits per heavy atom. The normalized spacial score (nSPS) is 8.92. The minimum atomic E-state index is -0.122. The van der Waals surface area contributed by atoms with Gasteiger partial charge in [0.1, 0.15) is 5.82 Å². The number of aromatic nitrogens is 1. The van der Waals surface area contributed by atoms with Crippen molar-refractivity contribution in [2.45, 2.75) is 41.5 Å². The van der Waals surface area contributed by atoms with Crippen molar-refractivity contribution in [2.75, 3.05) is 23.8 Å². The highest BCUT2D eigenvalue weighted by molar-refractivity contribution is 5.92. The average Bonchev–Trinajstić information content (AvgIpc) is 2.67. The van der Waals surface area contributed by atoms with E-state index in [4.69, 9.17) is 0 Å². The van der Waals surface area contributed by atoms with E-state index in [9.17, 15) is 4.79 Å². The second kappa shape index (κ2) is 12.8. The molecule has 2 aromatic rings. The molecule has 2 N–H and O–H groups in total. The van der Waals surface area contributed by atoms with E-state index in [1.54, 1.807) is 18.1 Å². The molecule has 0 bridgehead atoms. The van der Waals surface area contributed by atoms with Crippen LogP contribution in [-0.2, 0) is 0 Å². The Kier molecular flexibility index (Phi) is 11.5. The molecule has 0 spiro atoms. The molecule has 5 heteroatoms. The highest BCUT2D eigenvalue weighted by atomic mass is 16.2. The maximum atomic E-state index is 11.8. The third kappa shape index (κ3) is 6.83. The molecule has 0 atom stereocenters. The maximum Gasteiger partial charge on any atom is 0.321 e.